The minimum absolute atomic E-state index is 0.0720. The van der Waals surface area contributed by atoms with E-state index in [1.54, 1.807) is 0 Å². The summed E-state index contributed by atoms with van der Waals surface area (Å²) in [5, 5.41) is 4.07. The molecule has 2 heterocycles. The molecule has 2 aliphatic rings. The third-order valence-electron chi connectivity index (χ3n) is 4.40. The zero-order valence-electron chi connectivity index (χ0n) is 12.6. The fraction of sp³-hybridized carbons (Fsp3) is 0.625. The Labute approximate surface area is 132 Å². The van der Waals surface area contributed by atoms with E-state index in [4.69, 9.17) is 16.3 Å². The lowest BCUT2D eigenvalue weighted by molar-refractivity contribution is -0.0723. The number of nitrogens with zero attached hydrogens (tertiary/aromatic N) is 2. The molecule has 3 rings (SSSR count). The summed E-state index contributed by atoms with van der Waals surface area (Å²) < 4.78 is 5.96. The van der Waals surface area contributed by atoms with Crippen LogP contribution < -0.4 is 10.2 Å². The molecule has 0 aliphatic carbocycles. The Morgan fingerprint density at radius 3 is 2.62 bits per heavy atom. The van der Waals surface area contributed by atoms with Gasteiger partial charge in [-0.2, -0.15) is 0 Å². The van der Waals surface area contributed by atoms with E-state index in [-0.39, 0.29) is 5.60 Å². The summed E-state index contributed by atoms with van der Waals surface area (Å²) in [4.78, 5) is 4.89. The minimum atomic E-state index is 0.0720. The lowest BCUT2D eigenvalue weighted by Gasteiger charge is -2.40. The SMILES string of the molecule is CC1(OCCN2CCN(c3cccc(Cl)c3)CC2)CNC1. The lowest BCUT2D eigenvalue weighted by atomic mass is 10.0. The predicted octanol–water partition coefficient (Wildman–Crippen LogP) is 1.84. The van der Waals surface area contributed by atoms with Crippen LogP contribution in [-0.2, 0) is 4.74 Å². The molecule has 0 radical (unpaired) electrons. The second-order valence-corrected chi connectivity index (χ2v) is 6.65. The summed E-state index contributed by atoms with van der Waals surface area (Å²) in [6.45, 7) is 10.3. The Morgan fingerprint density at radius 2 is 2.00 bits per heavy atom. The molecule has 0 spiro atoms. The van der Waals surface area contributed by atoms with Gasteiger partial charge in [-0.3, -0.25) is 4.90 Å². The summed E-state index contributed by atoms with van der Waals surface area (Å²) in [7, 11) is 0. The average molecular weight is 310 g/mol. The maximum atomic E-state index is 6.06. The number of hydrogen-bond acceptors (Lipinski definition) is 4. The smallest absolute Gasteiger partial charge is 0.0902 e. The first-order valence-electron chi connectivity index (χ1n) is 7.72. The monoisotopic (exact) mass is 309 g/mol. The van der Waals surface area contributed by atoms with E-state index >= 15 is 0 Å². The molecule has 0 saturated carbocycles. The number of ether oxygens (including phenoxy) is 1. The summed E-state index contributed by atoms with van der Waals surface area (Å²) in [6.07, 6.45) is 0. The van der Waals surface area contributed by atoms with Gasteiger partial charge in [0.05, 0.1) is 12.2 Å². The highest BCUT2D eigenvalue weighted by atomic mass is 35.5. The van der Waals surface area contributed by atoms with Gasteiger partial charge in [0.2, 0.25) is 0 Å². The van der Waals surface area contributed by atoms with Gasteiger partial charge < -0.3 is 15.0 Å². The van der Waals surface area contributed by atoms with E-state index in [1.807, 2.05) is 18.2 Å². The molecule has 2 saturated heterocycles. The molecule has 2 aliphatic heterocycles. The molecule has 0 aromatic heterocycles. The van der Waals surface area contributed by atoms with E-state index in [1.165, 1.54) is 5.69 Å². The molecule has 21 heavy (non-hydrogen) atoms. The summed E-state index contributed by atoms with van der Waals surface area (Å²) >= 11 is 6.06. The van der Waals surface area contributed by atoms with E-state index < -0.39 is 0 Å². The Bertz CT molecular complexity index is 470. The third kappa shape index (κ3) is 3.89. The van der Waals surface area contributed by atoms with Crippen molar-refractivity contribution in [3.05, 3.63) is 29.3 Å². The van der Waals surface area contributed by atoms with Crippen LogP contribution in [0.1, 0.15) is 6.92 Å². The first kappa shape index (κ1) is 15.1. The molecule has 4 nitrogen and oxygen atoms in total. The third-order valence-corrected chi connectivity index (χ3v) is 4.64. The Balaban J connectivity index is 1.40. The van der Waals surface area contributed by atoms with Gasteiger partial charge in [0.15, 0.2) is 0 Å². The van der Waals surface area contributed by atoms with E-state index in [0.717, 1.165) is 57.4 Å². The van der Waals surface area contributed by atoms with Crippen molar-refractivity contribution in [3.63, 3.8) is 0 Å². The van der Waals surface area contributed by atoms with Crippen LogP contribution in [0.15, 0.2) is 24.3 Å². The maximum Gasteiger partial charge on any atom is 0.0902 e. The van der Waals surface area contributed by atoms with Crippen molar-refractivity contribution >= 4 is 17.3 Å². The lowest BCUT2D eigenvalue weighted by Crippen LogP contribution is -2.59. The van der Waals surface area contributed by atoms with Crippen molar-refractivity contribution in [1.29, 1.82) is 0 Å². The van der Waals surface area contributed by atoms with Crippen molar-refractivity contribution in [2.24, 2.45) is 0 Å². The zero-order chi connectivity index (χ0) is 14.7. The fourth-order valence-electron chi connectivity index (χ4n) is 2.90. The second kappa shape index (κ2) is 6.53. The number of rotatable bonds is 5. The predicted molar refractivity (Wildman–Crippen MR) is 87.3 cm³/mol. The van der Waals surface area contributed by atoms with Gasteiger partial charge in [-0.25, -0.2) is 0 Å². The van der Waals surface area contributed by atoms with Crippen LogP contribution in [0.25, 0.3) is 0 Å². The highest BCUT2D eigenvalue weighted by molar-refractivity contribution is 6.30. The zero-order valence-corrected chi connectivity index (χ0v) is 13.4. The molecular formula is C16H24ClN3O. The highest BCUT2D eigenvalue weighted by Crippen LogP contribution is 2.21. The van der Waals surface area contributed by atoms with Crippen LogP contribution in [0.2, 0.25) is 5.02 Å². The van der Waals surface area contributed by atoms with Gasteiger partial charge in [-0.05, 0) is 25.1 Å². The maximum absolute atomic E-state index is 6.06. The highest BCUT2D eigenvalue weighted by Gasteiger charge is 2.32. The van der Waals surface area contributed by atoms with Gasteiger partial charge >= 0.3 is 0 Å². The molecule has 1 N–H and O–H groups in total. The van der Waals surface area contributed by atoms with Gasteiger partial charge in [0.1, 0.15) is 0 Å². The molecule has 2 fully saturated rings. The van der Waals surface area contributed by atoms with Crippen LogP contribution in [0, 0.1) is 0 Å². The number of benzene rings is 1. The summed E-state index contributed by atoms with van der Waals surface area (Å²) in [5.74, 6) is 0. The van der Waals surface area contributed by atoms with E-state index in [9.17, 15) is 0 Å². The van der Waals surface area contributed by atoms with Crippen molar-refractivity contribution in [1.82, 2.24) is 10.2 Å². The van der Waals surface area contributed by atoms with E-state index in [2.05, 4.69) is 28.1 Å². The summed E-state index contributed by atoms with van der Waals surface area (Å²) in [6, 6.07) is 8.12. The second-order valence-electron chi connectivity index (χ2n) is 6.21. The van der Waals surface area contributed by atoms with Gasteiger partial charge in [-0.1, -0.05) is 17.7 Å². The molecule has 0 amide bonds. The van der Waals surface area contributed by atoms with Crippen LogP contribution in [0.5, 0.6) is 0 Å². The fourth-order valence-corrected chi connectivity index (χ4v) is 3.09. The molecule has 0 unspecified atom stereocenters. The number of piperazine rings is 1. The average Bonchev–Trinajstić information content (AvgIpc) is 2.46. The minimum Gasteiger partial charge on any atom is -0.371 e. The summed E-state index contributed by atoms with van der Waals surface area (Å²) in [5.41, 5.74) is 1.30. The number of anilines is 1. The molecule has 5 heteroatoms. The van der Waals surface area contributed by atoms with Crippen molar-refractivity contribution in [2.45, 2.75) is 12.5 Å². The number of halogens is 1. The Morgan fingerprint density at radius 1 is 1.24 bits per heavy atom. The number of hydrogen-bond donors (Lipinski definition) is 1. The topological polar surface area (TPSA) is 27.7 Å². The van der Waals surface area contributed by atoms with E-state index in [0.29, 0.717) is 0 Å². The van der Waals surface area contributed by atoms with Gasteiger partial charge in [-0.15, -0.1) is 0 Å². The first-order valence-corrected chi connectivity index (χ1v) is 8.10. The van der Waals surface area contributed by atoms with Crippen molar-refractivity contribution < 1.29 is 4.74 Å². The normalized spacial score (nSPS) is 22.1. The molecule has 0 bridgehead atoms. The Kier molecular flexibility index (Phi) is 4.69. The molecule has 1 aromatic rings. The standard InChI is InChI=1S/C16H24ClN3O/c1-16(12-18-13-16)21-10-9-19-5-7-20(8-6-19)15-4-2-3-14(17)11-15/h2-4,11,18H,5-10,12-13H2,1H3. The van der Waals surface area contributed by atoms with Crippen LogP contribution >= 0.6 is 11.6 Å². The molecule has 0 atom stereocenters. The van der Waals surface area contributed by atoms with Crippen molar-refractivity contribution in [3.8, 4) is 0 Å². The molecular weight excluding hydrogens is 286 g/mol. The van der Waals surface area contributed by atoms with Gasteiger partial charge in [0, 0.05) is 56.5 Å². The van der Waals surface area contributed by atoms with Crippen LogP contribution in [-0.4, -0.2) is 62.9 Å². The molecule has 1 aromatic carbocycles. The van der Waals surface area contributed by atoms with Gasteiger partial charge in [0.25, 0.3) is 0 Å². The Hall–Kier alpha value is -0.810. The van der Waals surface area contributed by atoms with Crippen LogP contribution in [0.3, 0.4) is 0 Å². The number of nitrogens with one attached hydrogen (secondary N) is 1. The quantitative estimate of drug-likeness (QED) is 0.898. The molecule has 116 valence electrons. The first-order chi connectivity index (χ1) is 10.1. The largest absolute Gasteiger partial charge is 0.371 e. The van der Waals surface area contributed by atoms with Crippen LogP contribution in [0.4, 0.5) is 5.69 Å². The van der Waals surface area contributed by atoms with Crippen molar-refractivity contribution in [2.75, 3.05) is 57.3 Å².